The van der Waals surface area contributed by atoms with E-state index in [9.17, 15) is 9.59 Å². The van der Waals surface area contributed by atoms with E-state index < -0.39 is 0 Å². The summed E-state index contributed by atoms with van der Waals surface area (Å²) in [5.41, 5.74) is 3.95. The van der Waals surface area contributed by atoms with Crippen LogP contribution in [0.2, 0.25) is 0 Å². The molecule has 5 nitrogen and oxygen atoms in total. The maximum absolute atomic E-state index is 12.2. The molecule has 2 amide bonds. The quantitative estimate of drug-likeness (QED) is 0.879. The minimum atomic E-state index is -0.252. The van der Waals surface area contributed by atoms with Crippen LogP contribution in [0.25, 0.3) is 0 Å². The van der Waals surface area contributed by atoms with Crippen LogP contribution in [-0.4, -0.2) is 36.9 Å². The first-order valence-electron chi connectivity index (χ1n) is 8.16. The highest BCUT2D eigenvalue weighted by Crippen LogP contribution is 2.17. The lowest BCUT2D eigenvalue weighted by atomic mass is 10.1. The van der Waals surface area contributed by atoms with E-state index >= 15 is 0 Å². The second-order valence-corrected chi connectivity index (χ2v) is 6.15. The number of hydrogen-bond acceptors (Lipinski definition) is 3. The number of nitrogens with zero attached hydrogens (tertiary/aromatic N) is 1. The zero-order valence-corrected chi connectivity index (χ0v) is 15.1. The second-order valence-electron chi connectivity index (χ2n) is 6.15. The number of hydrogen-bond donors (Lipinski definition) is 1. The van der Waals surface area contributed by atoms with Gasteiger partial charge in [0.05, 0.1) is 6.54 Å². The summed E-state index contributed by atoms with van der Waals surface area (Å²) in [6.45, 7) is 5.78. The summed E-state index contributed by atoms with van der Waals surface area (Å²) in [6, 6.07) is 13.2. The van der Waals surface area contributed by atoms with Crippen LogP contribution in [-0.2, 0) is 9.59 Å². The molecule has 0 fully saturated rings. The normalized spacial score (nSPS) is 10.2. The van der Waals surface area contributed by atoms with Gasteiger partial charge in [0.15, 0.2) is 6.61 Å². The fraction of sp³-hybridized carbons (Fsp3) is 0.300. The molecule has 0 radical (unpaired) electrons. The molecule has 1 N–H and O–H groups in total. The molecule has 0 saturated carbocycles. The van der Waals surface area contributed by atoms with Crippen LogP contribution in [0.4, 0.5) is 5.69 Å². The minimum absolute atomic E-state index is 0.0244. The van der Waals surface area contributed by atoms with E-state index in [1.54, 1.807) is 13.1 Å². The topological polar surface area (TPSA) is 58.6 Å². The molecule has 0 aliphatic heterocycles. The van der Waals surface area contributed by atoms with Crippen LogP contribution >= 0.6 is 0 Å². The summed E-state index contributed by atoms with van der Waals surface area (Å²) in [5, 5.41) is 2.84. The average Bonchev–Trinajstić information content (AvgIpc) is 2.56. The molecule has 0 bridgehead atoms. The van der Waals surface area contributed by atoms with Crippen molar-refractivity contribution >= 4 is 17.5 Å². The Labute approximate surface area is 148 Å². The van der Waals surface area contributed by atoms with Crippen molar-refractivity contribution in [2.24, 2.45) is 0 Å². The van der Waals surface area contributed by atoms with E-state index in [4.69, 9.17) is 4.74 Å². The number of ether oxygens (including phenoxy) is 1. The number of carbonyl (C=O) groups excluding carboxylic acids is 2. The van der Waals surface area contributed by atoms with Gasteiger partial charge < -0.3 is 15.0 Å². The van der Waals surface area contributed by atoms with Gasteiger partial charge in [0.2, 0.25) is 5.91 Å². The van der Waals surface area contributed by atoms with Gasteiger partial charge in [-0.15, -0.1) is 0 Å². The molecule has 0 heterocycles. The second kappa shape index (κ2) is 8.33. The SMILES string of the molecule is Cc1cccc(OCC(=O)N(C)CC(=O)Nc2cccc(C)c2C)c1. The summed E-state index contributed by atoms with van der Waals surface area (Å²) in [7, 11) is 1.59. The summed E-state index contributed by atoms with van der Waals surface area (Å²) >= 11 is 0. The standard InChI is InChI=1S/C20H24N2O3/c1-14-7-5-9-17(11-14)25-13-20(24)22(4)12-19(23)21-18-10-6-8-15(2)16(18)3/h5-11H,12-13H2,1-4H3,(H,21,23). The summed E-state index contributed by atoms with van der Waals surface area (Å²) in [6.07, 6.45) is 0. The number of carbonyl (C=O) groups is 2. The molecular weight excluding hydrogens is 316 g/mol. The third-order valence-corrected chi connectivity index (χ3v) is 4.04. The molecule has 0 aliphatic rings. The molecule has 5 heteroatoms. The molecule has 0 unspecified atom stereocenters. The monoisotopic (exact) mass is 340 g/mol. The van der Waals surface area contributed by atoms with Crippen molar-refractivity contribution in [1.29, 1.82) is 0 Å². The van der Waals surface area contributed by atoms with E-state index in [-0.39, 0.29) is 25.0 Å². The number of amides is 2. The smallest absolute Gasteiger partial charge is 0.260 e. The first-order valence-corrected chi connectivity index (χ1v) is 8.16. The third-order valence-electron chi connectivity index (χ3n) is 4.04. The number of likely N-dealkylation sites (N-methyl/N-ethyl adjacent to an activating group) is 1. The highest BCUT2D eigenvalue weighted by molar-refractivity contribution is 5.95. The molecule has 0 atom stereocenters. The van der Waals surface area contributed by atoms with Gasteiger partial charge in [0.1, 0.15) is 5.75 Å². The summed E-state index contributed by atoms with van der Waals surface area (Å²) in [5.74, 6) is 0.152. The van der Waals surface area contributed by atoms with E-state index in [2.05, 4.69) is 5.32 Å². The average molecular weight is 340 g/mol. The third kappa shape index (κ3) is 5.35. The first-order chi connectivity index (χ1) is 11.9. The highest BCUT2D eigenvalue weighted by atomic mass is 16.5. The van der Waals surface area contributed by atoms with E-state index in [1.807, 2.05) is 57.2 Å². The maximum atomic E-state index is 12.2. The lowest BCUT2D eigenvalue weighted by Gasteiger charge is -2.18. The predicted molar refractivity (Wildman–Crippen MR) is 98.9 cm³/mol. The molecule has 25 heavy (non-hydrogen) atoms. The van der Waals surface area contributed by atoms with E-state index in [1.165, 1.54) is 4.90 Å². The lowest BCUT2D eigenvalue weighted by Crippen LogP contribution is -2.37. The Balaban J connectivity index is 1.85. The van der Waals surface area contributed by atoms with Gasteiger partial charge in [-0.3, -0.25) is 9.59 Å². The largest absolute Gasteiger partial charge is 0.484 e. The molecule has 132 valence electrons. The van der Waals surface area contributed by atoms with Crippen LogP contribution in [0.5, 0.6) is 5.75 Å². The lowest BCUT2D eigenvalue weighted by molar-refractivity contribution is -0.135. The molecule has 2 rings (SSSR count). The number of anilines is 1. The Kier molecular flexibility index (Phi) is 6.17. The minimum Gasteiger partial charge on any atom is -0.484 e. The number of benzene rings is 2. The highest BCUT2D eigenvalue weighted by Gasteiger charge is 2.14. The van der Waals surface area contributed by atoms with Crippen molar-refractivity contribution in [2.75, 3.05) is 25.5 Å². The van der Waals surface area contributed by atoms with Gasteiger partial charge in [0.25, 0.3) is 5.91 Å². The van der Waals surface area contributed by atoms with Crippen LogP contribution < -0.4 is 10.1 Å². The fourth-order valence-electron chi connectivity index (χ4n) is 2.34. The summed E-state index contributed by atoms with van der Waals surface area (Å²) in [4.78, 5) is 25.7. The summed E-state index contributed by atoms with van der Waals surface area (Å²) < 4.78 is 5.48. The fourth-order valence-corrected chi connectivity index (χ4v) is 2.34. The molecule has 0 aliphatic carbocycles. The van der Waals surface area contributed by atoms with Crippen LogP contribution in [0.1, 0.15) is 16.7 Å². The molecular formula is C20H24N2O3. The molecule has 2 aromatic rings. The van der Waals surface area contributed by atoms with Crippen LogP contribution in [0.3, 0.4) is 0 Å². The van der Waals surface area contributed by atoms with Gasteiger partial charge in [0, 0.05) is 12.7 Å². The Bertz CT molecular complexity index is 771. The molecule has 2 aromatic carbocycles. The molecule has 0 saturated heterocycles. The Morgan fingerprint density at radius 2 is 1.80 bits per heavy atom. The van der Waals surface area contributed by atoms with Gasteiger partial charge in [-0.1, -0.05) is 24.3 Å². The Morgan fingerprint density at radius 3 is 2.52 bits per heavy atom. The van der Waals surface area contributed by atoms with Gasteiger partial charge in [-0.2, -0.15) is 0 Å². The Hall–Kier alpha value is -2.82. The van der Waals surface area contributed by atoms with Crippen molar-refractivity contribution in [1.82, 2.24) is 4.90 Å². The van der Waals surface area contributed by atoms with Gasteiger partial charge in [-0.25, -0.2) is 0 Å². The molecule has 0 spiro atoms. The van der Waals surface area contributed by atoms with Crippen LogP contribution in [0.15, 0.2) is 42.5 Å². The van der Waals surface area contributed by atoms with Gasteiger partial charge >= 0.3 is 0 Å². The predicted octanol–water partition coefficient (Wildman–Crippen LogP) is 3.09. The number of nitrogens with one attached hydrogen (secondary N) is 1. The van der Waals surface area contributed by atoms with Gasteiger partial charge in [-0.05, 0) is 55.7 Å². The van der Waals surface area contributed by atoms with Crippen molar-refractivity contribution < 1.29 is 14.3 Å². The van der Waals surface area contributed by atoms with E-state index in [0.717, 1.165) is 22.4 Å². The zero-order chi connectivity index (χ0) is 18.4. The van der Waals surface area contributed by atoms with Crippen molar-refractivity contribution in [3.05, 3.63) is 59.2 Å². The van der Waals surface area contributed by atoms with Crippen LogP contribution in [0, 0.1) is 20.8 Å². The number of aryl methyl sites for hydroxylation is 2. The first kappa shape index (κ1) is 18.5. The Morgan fingerprint density at radius 1 is 1.08 bits per heavy atom. The number of rotatable bonds is 6. The molecule has 0 aromatic heterocycles. The van der Waals surface area contributed by atoms with Crippen molar-refractivity contribution in [3.63, 3.8) is 0 Å². The maximum Gasteiger partial charge on any atom is 0.260 e. The van der Waals surface area contributed by atoms with Crippen molar-refractivity contribution in [2.45, 2.75) is 20.8 Å². The van der Waals surface area contributed by atoms with E-state index in [0.29, 0.717) is 5.75 Å². The zero-order valence-electron chi connectivity index (χ0n) is 15.1. The van der Waals surface area contributed by atoms with Crippen molar-refractivity contribution in [3.8, 4) is 5.75 Å².